The molecular weight excluding hydrogens is 162 g/mol. The first kappa shape index (κ1) is 8.35. The minimum atomic E-state index is 0.0639. The molecule has 2 atom stereocenters. The molecule has 1 saturated heterocycles. The molecule has 4 N–H and O–H groups in total. The Labute approximate surface area is 78.2 Å². The Morgan fingerprint density at radius 2 is 2.38 bits per heavy atom. The third-order valence-corrected chi connectivity index (χ3v) is 2.79. The van der Waals surface area contributed by atoms with Gasteiger partial charge in [0, 0.05) is 11.6 Å². The molecule has 13 heavy (non-hydrogen) atoms. The summed E-state index contributed by atoms with van der Waals surface area (Å²) in [7, 11) is 0. The molecule has 0 saturated carbocycles. The highest BCUT2D eigenvalue weighted by atomic mass is 15.0. The molecular formula is C10H15N3. The molecule has 1 fully saturated rings. The predicted octanol–water partition coefficient (Wildman–Crippen LogP) is 1.13. The van der Waals surface area contributed by atoms with Crippen molar-refractivity contribution < 1.29 is 0 Å². The fourth-order valence-electron chi connectivity index (χ4n) is 1.99. The number of allylic oxidation sites excluding steroid dienone is 4. The van der Waals surface area contributed by atoms with Crippen molar-refractivity contribution in [2.24, 2.45) is 11.7 Å². The molecule has 1 aliphatic heterocycles. The van der Waals surface area contributed by atoms with E-state index in [2.05, 4.69) is 23.5 Å². The van der Waals surface area contributed by atoms with Gasteiger partial charge < -0.3 is 11.1 Å². The SMILES string of the molecule is N=C(N)C1CCC2CC=CC=C2N1. The highest BCUT2D eigenvalue weighted by Gasteiger charge is 2.25. The van der Waals surface area contributed by atoms with Crippen LogP contribution in [0.1, 0.15) is 19.3 Å². The number of rotatable bonds is 1. The van der Waals surface area contributed by atoms with Crippen LogP contribution in [-0.2, 0) is 0 Å². The first-order valence-corrected chi connectivity index (χ1v) is 4.74. The lowest BCUT2D eigenvalue weighted by molar-refractivity contribution is 0.411. The molecule has 3 nitrogen and oxygen atoms in total. The van der Waals surface area contributed by atoms with Crippen LogP contribution in [0.15, 0.2) is 23.9 Å². The van der Waals surface area contributed by atoms with Gasteiger partial charge in [-0.25, -0.2) is 0 Å². The van der Waals surface area contributed by atoms with Gasteiger partial charge in [-0.1, -0.05) is 12.2 Å². The van der Waals surface area contributed by atoms with Gasteiger partial charge in [0.25, 0.3) is 0 Å². The average molecular weight is 177 g/mol. The summed E-state index contributed by atoms with van der Waals surface area (Å²) in [4.78, 5) is 0. The van der Waals surface area contributed by atoms with E-state index in [0.717, 1.165) is 19.3 Å². The number of hydrogen-bond acceptors (Lipinski definition) is 2. The van der Waals surface area contributed by atoms with Gasteiger partial charge in [-0.2, -0.15) is 0 Å². The van der Waals surface area contributed by atoms with E-state index in [1.807, 2.05) is 0 Å². The average Bonchev–Trinajstić information content (AvgIpc) is 2.17. The molecule has 2 aliphatic rings. The van der Waals surface area contributed by atoms with E-state index in [9.17, 15) is 0 Å². The van der Waals surface area contributed by atoms with Gasteiger partial charge in [-0.05, 0) is 25.3 Å². The predicted molar refractivity (Wildman–Crippen MR) is 53.4 cm³/mol. The Kier molecular flexibility index (Phi) is 2.08. The summed E-state index contributed by atoms with van der Waals surface area (Å²) in [6.45, 7) is 0. The molecule has 2 unspecified atom stereocenters. The van der Waals surface area contributed by atoms with Crippen LogP contribution in [0.4, 0.5) is 0 Å². The first-order chi connectivity index (χ1) is 6.27. The van der Waals surface area contributed by atoms with Crippen molar-refractivity contribution in [3.05, 3.63) is 23.9 Å². The van der Waals surface area contributed by atoms with E-state index in [4.69, 9.17) is 11.1 Å². The molecule has 0 aromatic heterocycles. The lowest BCUT2D eigenvalue weighted by Gasteiger charge is -2.33. The lowest BCUT2D eigenvalue weighted by atomic mass is 9.86. The summed E-state index contributed by atoms with van der Waals surface area (Å²) in [6.07, 6.45) is 9.64. The van der Waals surface area contributed by atoms with E-state index in [0.29, 0.717) is 5.92 Å². The molecule has 2 rings (SSSR count). The van der Waals surface area contributed by atoms with Gasteiger partial charge in [0.1, 0.15) is 5.84 Å². The number of hydrogen-bond donors (Lipinski definition) is 3. The Balaban J connectivity index is 2.09. The maximum atomic E-state index is 7.36. The summed E-state index contributed by atoms with van der Waals surface area (Å²) in [5, 5.41) is 10.7. The minimum absolute atomic E-state index is 0.0639. The summed E-state index contributed by atoms with van der Waals surface area (Å²) < 4.78 is 0. The summed E-state index contributed by atoms with van der Waals surface area (Å²) in [5.41, 5.74) is 6.72. The Morgan fingerprint density at radius 1 is 1.54 bits per heavy atom. The summed E-state index contributed by atoms with van der Waals surface area (Å²) in [5.74, 6) is 0.898. The van der Waals surface area contributed by atoms with Crippen molar-refractivity contribution >= 4 is 5.84 Å². The largest absolute Gasteiger partial charge is 0.386 e. The maximum Gasteiger partial charge on any atom is 0.113 e. The number of nitrogens with one attached hydrogen (secondary N) is 2. The second-order valence-electron chi connectivity index (χ2n) is 3.71. The van der Waals surface area contributed by atoms with Gasteiger partial charge in [-0.3, -0.25) is 5.41 Å². The molecule has 1 heterocycles. The highest BCUT2D eigenvalue weighted by molar-refractivity contribution is 5.83. The maximum absolute atomic E-state index is 7.36. The van der Waals surface area contributed by atoms with E-state index < -0.39 is 0 Å². The smallest absolute Gasteiger partial charge is 0.113 e. The Hall–Kier alpha value is -1.25. The lowest BCUT2D eigenvalue weighted by Crippen LogP contribution is -2.45. The Morgan fingerprint density at radius 3 is 3.15 bits per heavy atom. The number of nitrogens with two attached hydrogens (primary N) is 1. The fourth-order valence-corrected chi connectivity index (χ4v) is 1.99. The van der Waals surface area contributed by atoms with Gasteiger partial charge >= 0.3 is 0 Å². The van der Waals surface area contributed by atoms with Crippen LogP contribution in [0.5, 0.6) is 0 Å². The number of piperidine rings is 1. The molecule has 1 aliphatic carbocycles. The van der Waals surface area contributed by atoms with Crippen molar-refractivity contribution in [2.75, 3.05) is 0 Å². The van der Waals surface area contributed by atoms with Crippen LogP contribution >= 0.6 is 0 Å². The molecule has 0 aromatic carbocycles. The van der Waals surface area contributed by atoms with Crippen LogP contribution in [0, 0.1) is 11.3 Å². The van der Waals surface area contributed by atoms with Crippen LogP contribution in [0.25, 0.3) is 0 Å². The molecule has 0 bridgehead atoms. The second kappa shape index (κ2) is 3.24. The standard InChI is InChI=1S/C10H15N3/c11-10(12)9-6-5-7-3-1-2-4-8(7)13-9/h1-2,4,7,9,13H,3,5-6H2,(H3,11,12). The van der Waals surface area contributed by atoms with Gasteiger partial charge in [-0.15, -0.1) is 0 Å². The second-order valence-corrected chi connectivity index (χ2v) is 3.71. The van der Waals surface area contributed by atoms with Gasteiger partial charge in [0.15, 0.2) is 0 Å². The minimum Gasteiger partial charge on any atom is -0.386 e. The zero-order valence-corrected chi connectivity index (χ0v) is 7.59. The highest BCUT2D eigenvalue weighted by Crippen LogP contribution is 2.28. The molecule has 0 aromatic rings. The van der Waals surface area contributed by atoms with Crippen molar-refractivity contribution in [1.29, 1.82) is 5.41 Å². The molecule has 3 heteroatoms. The van der Waals surface area contributed by atoms with E-state index in [1.165, 1.54) is 5.70 Å². The third kappa shape index (κ3) is 1.59. The van der Waals surface area contributed by atoms with Crippen LogP contribution in [0.3, 0.4) is 0 Å². The third-order valence-electron chi connectivity index (χ3n) is 2.79. The van der Waals surface area contributed by atoms with Crippen molar-refractivity contribution in [3.63, 3.8) is 0 Å². The normalized spacial score (nSPS) is 31.5. The first-order valence-electron chi connectivity index (χ1n) is 4.74. The number of fused-ring (bicyclic) bond motifs is 1. The molecule has 0 spiro atoms. The summed E-state index contributed by atoms with van der Waals surface area (Å²) in [6, 6.07) is 0.0639. The van der Waals surface area contributed by atoms with E-state index in [1.54, 1.807) is 0 Å². The van der Waals surface area contributed by atoms with Crippen molar-refractivity contribution in [3.8, 4) is 0 Å². The zero-order chi connectivity index (χ0) is 9.26. The Bertz CT molecular complexity index is 278. The quantitative estimate of drug-likeness (QED) is 0.415. The van der Waals surface area contributed by atoms with Crippen LogP contribution in [0.2, 0.25) is 0 Å². The monoisotopic (exact) mass is 177 g/mol. The van der Waals surface area contributed by atoms with Crippen molar-refractivity contribution in [2.45, 2.75) is 25.3 Å². The van der Waals surface area contributed by atoms with E-state index in [-0.39, 0.29) is 11.9 Å². The van der Waals surface area contributed by atoms with E-state index >= 15 is 0 Å². The van der Waals surface area contributed by atoms with Crippen LogP contribution < -0.4 is 11.1 Å². The van der Waals surface area contributed by atoms with Gasteiger partial charge in [0.05, 0.1) is 6.04 Å². The fraction of sp³-hybridized carbons (Fsp3) is 0.500. The molecule has 0 amide bonds. The molecule has 0 radical (unpaired) electrons. The van der Waals surface area contributed by atoms with Gasteiger partial charge in [0.2, 0.25) is 0 Å². The zero-order valence-electron chi connectivity index (χ0n) is 7.59. The molecule has 70 valence electrons. The van der Waals surface area contributed by atoms with Crippen LogP contribution in [-0.4, -0.2) is 11.9 Å². The number of amidine groups is 1. The topological polar surface area (TPSA) is 61.9 Å². The summed E-state index contributed by atoms with van der Waals surface area (Å²) >= 11 is 0. The van der Waals surface area contributed by atoms with Crippen molar-refractivity contribution in [1.82, 2.24) is 5.32 Å².